The van der Waals surface area contributed by atoms with Crippen molar-refractivity contribution in [2.45, 2.75) is 25.3 Å². The fourth-order valence-electron chi connectivity index (χ4n) is 1.62. The van der Waals surface area contributed by atoms with Gasteiger partial charge in [-0.2, -0.15) is 5.26 Å². The first-order valence-electron chi connectivity index (χ1n) is 5.86. The van der Waals surface area contributed by atoms with Crippen LogP contribution >= 0.6 is 0 Å². The smallest absolute Gasteiger partial charge is 0.118 e. The van der Waals surface area contributed by atoms with Crippen molar-refractivity contribution in [1.29, 1.82) is 5.26 Å². The normalized spacial score (nSPS) is 13.1. The van der Waals surface area contributed by atoms with Gasteiger partial charge in [0.2, 0.25) is 0 Å². The number of nitrogens with one attached hydrogen (secondary N) is 1. The average Bonchev–Trinajstić information content (AvgIpc) is 2.43. The van der Waals surface area contributed by atoms with Crippen molar-refractivity contribution < 1.29 is 4.74 Å². The molecule has 0 amide bonds. The molecule has 3 nitrogen and oxygen atoms in total. The maximum absolute atomic E-state index is 9.17. The Bertz CT molecular complexity index is 453. The molecule has 0 aliphatic rings. The van der Waals surface area contributed by atoms with E-state index in [2.05, 4.69) is 17.3 Å². The SMILES string of the molecule is C#CCNC(C)(C#N)CCc1ccc(OC)cc1. The van der Waals surface area contributed by atoms with Crippen LogP contribution in [0.5, 0.6) is 5.75 Å². The molecule has 0 heterocycles. The van der Waals surface area contributed by atoms with Gasteiger partial charge in [-0.05, 0) is 37.5 Å². The maximum atomic E-state index is 9.17. The molecule has 0 aliphatic heterocycles. The van der Waals surface area contributed by atoms with E-state index in [-0.39, 0.29) is 0 Å². The summed E-state index contributed by atoms with van der Waals surface area (Å²) in [7, 11) is 1.64. The van der Waals surface area contributed by atoms with Gasteiger partial charge in [-0.25, -0.2) is 0 Å². The van der Waals surface area contributed by atoms with Crippen LogP contribution < -0.4 is 10.1 Å². The predicted molar refractivity (Wildman–Crippen MR) is 72.2 cm³/mol. The number of nitrogens with zero attached hydrogens (tertiary/aromatic N) is 1. The Morgan fingerprint density at radius 1 is 1.39 bits per heavy atom. The Kier molecular flexibility index (Phi) is 5.24. The number of ether oxygens (including phenoxy) is 1. The van der Waals surface area contributed by atoms with Crippen molar-refractivity contribution in [3.63, 3.8) is 0 Å². The fourth-order valence-corrected chi connectivity index (χ4v) is 1.62. The zero-order valence-corrected chi connectivity index (χ0v) is 10.9. The van der Waals surface area contributed by atoms with Crippen molar-refractivity contribution in [3.05, 3.63) is 29.8 Å². The van der Waals surface area contributed by atoms with E-state index in [1.807, 2.05) is 31.2 Å². The molecule has 1 rings (SSSR count). The Balaban J connectivity index is 2.57. The Morgan fingerprint density at radius 2 is 2.06 bits per heavy atom. The first kappa shape index (κ1) is 14.1. The first-order valence-corrected chi connectivity index (χ1v) is 5.86. The van der Waals surface area contributed by atoms with Gasteiger partial charge in [0.05, 0.1) is 19.7 Å². The molecule has 0 fully saturated rings. The van der Waals surface area contributed by atoms with Crippen LogP contribution in [0, 0.1) is 23.7 Å². The summed E-state index contributed by atoms with van der Waals surface area (Å²) in [6, 6.07) is 10.1. The van der Waals surface area contributed by atoms with Gasteiger partial charge >= 0.3 is 0 Å². The standard InChI is InChI=1S/C15H18N2O/c1-4-11-17-15(2,12-16)10-9-13-5-7-14(18-3)8-6-13/h1,5-8,17H,9-11H2,2-3H3. The molecule has 0 aliphatic carbocycles. The lowest BCUT2D eigenvalue weighted by Gasteiger charge is -2.22. The Morgan fingerprint density at radius 3 is 2.56 bits per heavy atom. The molecule has 0 aromatic heterocycles. The molecule has 94 valence electrons. The second-order valence-corrected chi connectivity index (χ2v) is 4.35. The number of rotatable bonds is 6. The lowest BCUT2D eigenvalue weighted by Crippen LogP contribution is -2.41. The molecule has 18 heavy (non-hydrogen) atoms. The average molecular weight is 242 g/mol. The molecule has 1 aromatic carbocycles. The van der Waals surface area contributed by atoms with E-state index in [1.165, 1.54) is 5.56 Å². The third-order valence-corrected chi connectivity index (χ3v) is 2.90. The molecular weight excluding hydrogens is 224 g/mol. The van der Waals surface area contributed by atoms with Crippen molar-refractivity contribution in [2.75, 3.05) is 13.7 Å². The molecule has 1 atom stereocenters. The van der Waals surface area contributed by atoms with Crippen LogP contribution in [-0.4, -0.2) is 19.2 Å². The summed E-state index contributed by atoms with van der Waals surface area (Å²) in [5.41, 5.74) is 0.603. The highest BCUT2D eigenvalue weighted by molar-refractivity contribution is 5.27. The van der Waals surface area contributed by atoms with E-state index in [1.54, 1.807) is 7.11 Å². The maximum Gasteiger partial charge on any atom is 0.118 e. The number of aryl methyl sites for hydroxylation is 1. The third-order valence-electron chi connectivity index (χ3n) is 2.90. The second-order valence-electron chi connectivity index (χ2n) is 4.35. The third kappa shape index (κ3) is 4.13. The lowest BCUT2D eigenvalue weighted by molar-refractivity contribution is 0.414. The molecule has 0 saturated heterocycles. The molecule has 1 N–H and O–H groups in total. The van der Waals surface area contributed by atoms with E-state index >= 15 is 0 Å². The van der Waals surface area contributed by atoms with Crippen LogP contribution in [0.15, 0.2) is 24.3 Å². The number of hydrogen-bond acceptors (Lipinski definition) is 3. The summed E-state index contributed by atoms with van der Waals surface area (Å²) in [6.45, 7) is 2.28. The number of hydrogen-bond donors (Lipinski definition) is 1. The minimum absolute atomic E-state index is 0.409. The van der Waals surface area contributed by atoms with Crippen molar-refractivity contribution >= 4 is 0 Å². The van der Waals surface area contributed by atoms with E-state index in [0.717, 1.165) is 18.6 Å². The van der Waals surface area contributed by atoms with Crippen LogP contribution in [0.25, 0.3) is 0 Å². The number of nitriles is 1. The van der Waals surface area contributed by atoms with Gasteiger partial charge in [-0.15, -0.1) is 6.42 Å². The minimum Gasteiger partial charge on any atom is -0.497 e. The largest absolute Gasteiger partial charge is 0.497 e. The number of terminal acetylenes is 1. The quantitative estimate of drug-likeness (QED) is 0.777. The topological polar surface area (TPSA) is 45.0 Å². The van der Waals surface area contributed by atoms with E-state index in [0.29, 0.717) is 6.54 Å². The number of benzene rings is 1. The highest BCUT2D eigenvalue weighted by Crippen LogP contribution is 2.16. The van der Waals surface area contributed by atoms with E-state index in [4.69, 9.17) is 11.2 Å². The summed E-state index contributed by atoms with van der Waals surface area (Å²) in [5.74, 6) is 3.33. The van der Waals surface area contributed by atoms with Crippen LogP contribution in [0.1, 0.15) is 18.9 Å². The van der Waals surface area contributed by atoms with Crippen LogP contribution in [0.2, 0.25) is 0 Å². The summed E-state index contributed by atoms with van der Waals surface area (Å²) in [6.07, 6.45) is 6.74. The zero-order chi connectivity index (χ0) is 13.4. The summed E-state index contributed by atoms with van der Waals surface area (Å²) in [5, 5.41) is 12.2. The fraction of sp³-hybridized carbons (Fsp3) is 0.400. The molecular formula is C15H18N2O. The summed E-state index contributed by atoms with van der Waals surface area (Å²) in [4.78, 5) is 0. The zero-order valence-electron chi connectivity index (χ0n) is 10.9. The highest BCUT2D eigenvalue weighted by Gasteiger charge is 2.21. The molecule has 0 radical (unpaired) electrons. The van der Waals surface area contributed by atoms with Gasteiger partial charge in [-0.1, -0.05) is 18.1 Å². The van der Waals surface area contributed by atoms with Crippen LogP contribution in [0.4, 0.5) is 0 Å². The monoisotopic (exact) mass is 242 g/mol. The van der Waals surface area contributed by atoms with Gasteiger partial charge in [0, 0.05) is 0 Å². The summed E-state index contributed by atoms with van der Waals surface area (Å²) >= 11 is 0. The number of methoxy groups -OCH3 is 1. The Labute approximate surface area is 109 Å². The van der Waals surface area contributed by atoms with Gasteiger partial charge in [0.25, 0.3) is 0 Å². The van der Waals surface area contributed by atoms with E-state index in [9.17, 15) is 5.26 Å². The van der Waals surface area contributed by atoms with Crippen molar-refractivity contribution in [1.82, 2.24) is 5.32 Å². The van der Waals surface area contributed by atoms with Gasteiger partial charge in [-0.3, -0.25) is 5.32 Å². The molecule has 0 saturated carbocycles. The van der Waals surface area contributed by atoms with Crippen LogP contribution in [0.3, 0.4) is 0 Å². The molecule has 1 aromatic rings. The molecule has 1 unspecified atom stereocenters. The first-order chi connectivity index (χ1) is 8.63. The molecule has 0 bridgehead atoms. The second kappa shape index (κ2) is 6.69. The van der Waals surface area contributed by atoms with Gasteiger partial charge in [0.15, 0.2) is 0 Å². The lowest BCUT2D eigenvalue weighted by atomic mass is 9.94. The molecule has 0 spiro atoms. The molecule has 3 heteroatoms. The summed E-state index contributed by atoms with van der Waals surface area (Å²) < 4.78 is 5.10. The predicted octanol–water partition coefficient (Wildman–Crippen LogP) is 2.13. The van der Waals surface area contributed by atoms with Gasteiger partial charge in [0.1, 0.15) is 11.3 Å². The Hall–Kier alpha value is -1.97. The highest BCUT2D eigenvalue weighted by atomic mass is 16.5. The van der Waals surface area contributed by atoms with Gasteiger partial charge < -0.3 is 4.74 Å². The van der Waals surface area contributed by atoms with Crippen molar-refractivity contribution in [3.8, 4) is 24.2 Å². The van der Waals surface area contributed by atoms with Crippen LogP contribution in [-0.2, 0) is 6.42 Å². The van der Waals surface area contributed by atoms with Crippen molar-refractivity contribution in [2.24, 2.45) is 0 Å². The van der Waals surface area contributed by atoms with E-state index < -0.39 is 5.54 Å². The minimum atomic E-state index is -0.577.